The summed E-state index contributed by atoms with van der Waals surface area (Å²) in [6, 6.07) is 10.1. The van der Waals surface area contributed by atoms with Crippen LogP contribution in [0.25, 0.3) is 11.3 Å². The fraction of sp³-hybridized carbons (Fsp3) is 0.125. The number of hydrogen-bond donors (Lipinski definition) is 2. The second-order valence-corrected chi connectivity index (χ2v) is 8.21. The molecule has 0 saturated carbocycles. The summed E-state index contributed by atoms with van der Waals surface area (Å²) in [4.78, 5) is 15.9. The topological polar surface area (TPSA) is 117 Å². The molecule has 0 aliphatic heterocycles. The molecule has 3 rings (SSSR count). The van der Waals surface area contributed by atoms with Gasteiger partial charge in [-0.05, 0) is 24.3 Å². The van der Waals surface area contributed by atoms with Crippen molar-refractivity contribution in [1.29, 1.82) is 0 Å². The molecule has 0 atom stereocenters. The number of amides is 1. The van der Waals surface area contributed by atoms with Crippen LogP contribution in [0, 0.1) is 0 Å². The molecular weight excluding hydrogens is 388 g/mol. The number of carbonyl (C=O) groups is 1. The predicted molar refractivity (Wildman–Crippen MR) is 104 cm³/mol. The molecule has 3 aromatic rings. The first-order valence-electron chi connectivity index (χ1n) is 7.69. The van der Waals surface area contributed by atoms with E-state index in [-0.39, 0.29) is 5.91 Å². The molecule has 0 radical (unpaired) electrons. The van der Waals surface area contributed by atoms with Crippen molar-refractivity contribution in [2.45, 2.75) is 0 Å². The van der Waals surface area contributed by atoms with E-state index in [0.29, 0.717) is 28.5 Å². The van der Waals surface area contributed by atoms with Gasteiger partial charge < -0.3 is 5.32 Å². The SMILES string of the molecule is CN(C)S(=O)(=O)Nc1cccc(-c2ccc(NC(=O)c3cscn3)nn2)c1. The Labute approximate surface area is 160 Å². The molecule has 1 amide bonds. The van der Waals surface area contributed by atoms with E-state index in [9.17, 15) is 13.2 Å². The second-order valence-electron chi connectivity index (χ2n) is 5.60. The monoisotopic (exact) mass is 404 g/mol. The highest BCUT2D eigenvalue weighted by atomic mass is 32.2. The zero-order valence-corrected chi connectivity index (χ0v) is 16.1. The number of benzene rings is 1. The Hall–Kier alpha value is -2.89. The van der Waals surface area contributed by atoms with Gasteiger partial charge in [0, 0.05) is 25.0 Å². The first-order chi connectivity index (χ1) is 12.8. The molecule has 0 spiro atoms. The Kier molecular flexibility index (Phi) is 5.44. The van der Waals surface area contributed by atoms with E-state index in [1.54, 1.807) is 47.3 Å². The van der Waals surface area contributed by atoms with Crippen LogP contribution in [0.1, 0.15) is 10.5 Å². The molecule has 0 bridgehead atoms. The lowest BCUT2D eigenvalue weighted by Gasteiger charge is -2.13. The summed E-state index contributed by atoms with van der Waals surface area (Å²) < 4.78 is 27.4. The van der Waals surface area contributed by atoms with Crippen molar-refractivity contribution in [3.05, 3.63) is 53.0 Å². The molecule has 11 heteroatoms. The molecule has 0 aliphatic carbocycles. The predicted octanol–water partition coefficient (Wildman–Crippen LogP) is 2.07. The number of carbonyl (C=O) groups excluding carboxylic acids is 1. The van der Waals surface area contributed by atoms with Gasteiger partial charge in [0.05, 0.1) is 16.9 Å². The molecule has 140 valence electrons. The minimum Gasteiger partial charge on any atom is -0.304 e. The maximum Gasteiger partial charge on any atom is 0.301 e. The van der Waals surface area contributed by atoms with E-state index in [2.05, 4.69) is 25.2 Å². The highest BCUT2D eigenvalue weighted by Gasteiger charge is 2.14. The molecular formula is C16H16N6O3S2. The minimum absolute atomic E-state index is 0.293. The number of nitrogens with zero attached hydrogens (tertiary/aromatic N) is 4. The summed E-state index contributed by atoms with van der Waals surface area (Å²) in [5.74, 6) is -0.0698. The molecule has 0 saturated heterocycles. The number of nitrogens with one attached hydrogen (secondary N) is 2. The Balaban J connectivity index is 1.75. The van der Waals surface area contributed by atoms with Crippen molar-refractivity contribution in [3.8, 4) is 11.3 Å². The van der Waals surface area contributed by atoms with Crippen LogP contribution in [-0.2, 0) is 10.2 Å². The van der Waals surface area contributed by atoms with Gasteiger partial charge in [-0.3, -0.25) is 9.52 Å². The molecule has 0 unspecified atom stereocenters. The van der Waals surface area contributed by atoms with Gasteiger partial charge >= 0.3 is 10.2 Å². The largest absolute Gasteiger partial charge is 0.304 e. The van der Waals surface area contributed by atoms with E-state index < -0.39 is 10.2 Å². The van der Waals surface area contributed by atoms with Crippen molar-refractivity contribution < 1.29 is 13.2 Å². The highest BCUT2D eigenvalue weighted by molar-refractivity contribution is 7.90. The van der Waals surface area contributed by atoms with Crippen molar-refractivity contribution in [3.63, 3.8) is 0 Å². The van der Waals surface area contributed by atoms with Gasteiger partial charge in [-0.15, -0.1) is 21.5 Å². The first-order valence-corrected chi connectivity index (χ1v) is 10.1. The third kappa shape index (κ3) is 4.64. The lowest BCUT2D eigenvalue weighted by atomic mass is 10.1. The first kappa shape index (κ1) is 18.9. The molecule has 2 aromatic heterocycles. The smallest absolute Gasteiger partial charge is 0.301 e. The highest BCUT2D eigenvalue weighted by Crippen LogP contribution is 2.22. The third-order valence-corrected chi connectivity index (χ3v) is 5.50. The van der Waals surface area contributed by atoms with E-state index in [1.165, 1.54) is 25.4 Å². The molecule has 2 heterocycles. The molecule has 1 aromatic carbocycles. The van der Waals surface area contributed by atoms with Crippen LogP contribution in [-0.4, -0.2) is 47.9 Å². The lowest BCUT2D eigenvalue weighted by Crippen LogP contribution is -2.28. The maximum atomic E-state index is 12.0. The molecule has 9 nitrogen and oxygen atoms in total. The summed E-state index contributed by atoms with van der Waals surface area (Å²) in [7, 11) is -0.716. The minimum atomic E-state index is -3.60. The van der Waals surface area contributed by atoms with E-state index in [4.69, 9.17) is 0 Å². The molecule has 0 aliphatic rings. The van der Waals surface area contributed by atoms with Crippen molar-refractivity contribution >= 4 is 39.0 Å². The summed E-state index contributed by atoms with van der Waals surface area (Å²) in [5.41, 5.74) is 3.50. The Morgan fingerprint density at radius 1 is 1.15 bits per heavy atom. The third-order valence-electron chi connectivity index (χ3n) is 3.46. The van der Waals surface area contributed by atoms with Gasteiger partial charge in [0.1, 0.15) is 5.69 Å². The number of rotatable bonds is 6. The summed E-state index contributed by atoms with van der Waals surface area (Å²) in [5, 5.41) is 12.3. The van der Waals surface area contributed by atoms with Crippen molar-refractivity contribution in [2.75, 3.05) is 24.1 Å². The normalized spacial score (nSPS) is 11.4. The fourth-order valence-electron chi connectivity index (χ4n) is 2.04. The molecule has 0 fully saturated rings. The van der Waals surface area contributed by atoms with Gasteiger partial charge in [-0.2, -0.15) is 12.7 Å². The lowest BCUT2D eigenvalue weighted by molar-refractivity contribution is 0.102. The van der Waals surface area contributed by atoms with E-state index in [0.717, 1.165) is 4.31 Å². The summed E-state index contributed by atoms with van der Waals surface area (Å²) in [6.07, 6.45) is 0. The average Bonchev–Trinajstić information content (AvgIpc) is 3.17. The summed E-state index contributed by atoms with van der Waals surface area (Å²) in [6.45, 7) is 0. The van der Waals surface area contributed by atoms with Gasteiger partial charge in [0.15, 0.2) is 5.82 Å². The van der Waals surface area contributed by atoms with Gasteiger partial charge in [0.25, 0.3) is 5.91 Å². The maximum absolute atomic E-state index is 12.0. The second kappa shape index (κ2) is 7.78. The zero-order chi connectivity index (χ0) is 19.4. The quantitative estimate of drug-likeness (QED) is 0.649. The number of aromatic nitrogens is 3. The summed E-state index contributed by atoms with van der Waals surface area (Å²) >= 11 is 1.33. The Bertz CT molecular complexity index is 1030. The fourth-order valence-corrected chi connectivity index (χ4v) is 3.18. The van der Waals surface area contributed by atoms with Crippen LogP contribution >= 0.6 is 11.3 Å². The number of anilines is 2. The number of thiazole rings is 1. The zero-order valence-electron chi connectivity index (χ0n) is 14.4. The van der Waals surface area contributed by atoms with Crippen LogP contribution in [0.2, 0.25) is 0 Å². The van der Waals surface area contributed by atoms with Crippen molar-refractivity contribution in [2.24, 2.45) is 0 Å². The Morgan fingerprint density at radius 3 is 2.59 bits per heavy atom. The van der Waals surface area contributed by atoms with Crippen molar-refractivity contribution in [1.82, 2.24) is 19.5 Å². The van der Waals surface area contributed by atoms with Gasteiger partial charge in [-0.25, -0.2) is 4.98 Å². The van der Waals surface area contributed by atoms with Crippen LogP contribution in [0.4, 0.5) is 11.5 Å². The van der Waals surface area contributed by atoms with E-state index >= 15 is 0 Å². The average molecular weight is 404 g/mol. The standard InChI is InChI=1S/C16H16N6O3S2/c1-22(2)27(24,25)21-12-5-3-4-11(8-12)13-6-7-15(20-19-13)18-16(23)14-9-26-10-17-14/h3-10,21H,1-2H3,(H,18,20,23). The Morgan fingerprint density at radius 2 is 1.96 bits per heavy atom. The van der Waals surface area contributed by atoms with Crippen LogP contribution < -0.4 is 10.0 Å². The van der Waals surface area contributed by atoms with E-state index in [1.807, 2.05) is 0 Å². The molecule has 2 N–H and O–H groups in total. The molecule has 27 heavy (non-hydrogen) atoms. The number of hydrogen-bond acceptors (Lipinski definition) is 7. The van der Waals surface area contributed by atoms with Gasteiger partial charge in [-0.1, -0.05) is 12.1 Å². The van der Waals surface area contributed by atoms with Crippen LogP contribution in [0.5, 0.6) is 0 Å². The van der Waals surface area contributed by atoms with Crippen LogP contribution in [0.15, 0.2) is 47.3 Å². The van der Waals surface area contributed by atoms with Crippen LogP contribution in [0.3, 0.4) is 0 Å². The van der Waals surface area contributed by atoms with Gasteiger partial charge in [0.2, 0.25) is 0 Å².